The highest BCUT2D eigenvalue weighted by atomic mass is 19.1. The van der Waals surface area contributed by atoms with Crippen molar-refractivity contribution in [1.29, 1.82) is 0 Å². The molecule has 146 valence electrons. The number of benzene rings is 2. The highest BCUT2D eigenvalue weighted by molar-refractivity contribution is 6.24. The third-order valence-corrected chi connectivity index (χ3v) is 6.33. The summed E-state index contributed by atoms with van der Waals surface area (Å²) in [5, 5.41) is 14.2. The van der Waals surface area contributed by atoms with E-state index in [4.69, 9.17) is 0 Å². The minimum absolute atomic E-state index is 0.192. The third-order valence-electron chi connectivity index (χ3n) is 6.33. The van der Waals surface area contributed by atoms with Gasteiger partial charge in [0.2, 0.25) is 0 Å². The number of rotatable bonds is 2. The number of carbonyl (C=O) groups is 1. The van der Waals surface area contributed by atoms with E-state index >= 15 is 0 Å². The second kappa shape index (κ2) is 6.77. The molecule has 28 heavy (non-hydrogen) atoms. The van der Waals surface area contributed by atoms with Gasteiger partial charge in [-0.3, -0.25) is 4.79 Å². The molecule has 0 saturated heterocycles. The third kappa shape index (κ3) is 2.83. The smallest absolute Gasteiger partial charge is 0.256 e. The first-order valence-electron chi connectivity index (χ1n) is 9.97. The second-order valence-corrected chi connectivity index (χ2v) is 8.21. The molecule has 2 aromatic carbocycles. The minimum atomic E-state index is -0.607. The second-order valence-electron chi connectivity index (χ2n) is 8.21. The van der Waals surface area contributed by atoms with Crippen molar-refractivity contribution >= 4 is 11.5 Å². The molecule has 2 aliphatic rings. The number of amides is 1. The molecule has 1 fully saturated rings. The van der Waals surface area contributed by atoms with Crippen LogP contribution < -0.4 is 5.32 Å². The Balaban J connectivity index is 1.92. The zero-order chi connectivity index (χ0) is 20.1. The van der Waals surface area contributed by atoms with Crippen LogP contribution in [0, 0.1) is 26.6 Å². The van der Waals surface area contributed by atoms with E-state index in [0.29, 0.717) is 5.57 Å². The number of hydrogen-bond acceptors (Lipinski definition) is 2. The molecule has 4 rings (SSSR count). The van der Waals surface area contributed by atoms with Crippen LogP contribution in [0.5, 0.6) is 0 Å². The van der Waals surface area contributed by atoms with Crippen molar-refractivity contribution in [3.8, 4) is 11.1 Å². The number of halogens is 1. The normalized spacial score (nSPS) is 18.6. The zero-order valence-corrected chi connectivity index (χ0v) is 16.7. The van der Waals surface area contributed by atoms with Gasteiger partial charge in [-0.25, -0.2) is 4.39 Å². The molecule has 0 bridgehead atoms. The van der Waals surface area contributed by atoms with E-state index in [1.807, 2.05) is 26.8 Å². The maximum Gasteiger partial charge on any atom is 0.256 e. The Bertz CT molecular complexity index is 983. The fourth-order valence-electron chi connectivity index (χ4n) is 5.07. The van der Waals surface area contributed by atoms with Gasteiger partial charge in [0.15, 0.2) is 0 Å². The van der Waals surface area contributed by atoms with Crippen LogP contribution in [-0.2, 0) is 4.79 Å². The van der Waals surface area contributed by atoms with Gasteiger partial charge in [-0.15, -0.1) is 0 Å². The summed E-state index contributed by atoms with van der Waals surface area (Å²) in [7, 11) is 0. The standard InChI is InChI=1S/C24H26FNO2/c1-14-13-15(2)20(16(3)19(14)17-7-9-18(25)10-8-17)21-22(27)24(26-23(21)28)11-5-4-6-12-24/h7-10,13,27H,4-6,11-12H2,1-3H3,(H,26,28). The summed E-state index contributed by atoms with van der Waals surface area (Å²) < 4.78 is 13.4. The molecule has 1 spiro atoms. The molecule has 0 unspecified atom stereocenters. The van der Waals surface area contributed by atoms with Crippen molar-refractivity contribution in [2.24, 2.45) is 0 Å². The SMILES string of the molecule is Cc1cc(C)c(-c2ccc(F)cc2)c(C)c1C1=C(O)C2(CCCCC2)NC1=O. The largest absolute Gasteiger partial charge is 0.509 e. The summed E-state index contributed by atoms with van der Waals surface area (Å²) in [6.45, 7) is 5.98. The maximum atomic E-state index is 13.4. The Labute approximate surface area is 165 Å². The van der Waals surface area contributed by atoms with Crippen molar-refractivity contribution in [2.45, 2.75) is 58.4 Å². The van der Waals surface area contributed by atoms with Crippen molar-refractivity contribution in [1.82, 2.24) is 5.32 Å². The Kier molecular flexibility index (Phi) is 4.53. The first kappa shape index (κ1) is 18.7. The predicted octanol–water partition coefficient (Wildman–Crippen LogP) is 5.52. The number of aliphatic hydroxyl groups excluding tert-OH is 1. The van der Waals surface area contributed by atoms with Crippen LogP contribution in [0.2, 0.25) is 0 Å². The monoisotopic (exact) mass is 379 g/mol. The van der Waals surface area contributed by atoms with E-state index in [2.05, 4.69) is 5.32 Å². The predicted molar refractivity (Wildman–Crippen MR) is 110 cm³/mol. The summed E-state index contributed by atoms with van der Waals surface area (Å²) in [6.07, 6.45) is 4.71. The van der Waals surface area contributed by atoms with Crippen LogP contribution in [0.4, 0.5) is 4.39 Å². The number of hydrogen-bond donors (Lipinski definition) is 2. The molecule has 1 amide bonds. The fourth-order valence-corrected chi connectivity index (χ4v) is 5.07. The summed E-state index contributed by atoms with van der Waals surface area (Å²) >= 11 is 0. The molecule has 0 atom stereocenters. The molecule has 1 aliphatic heterocycles. The van der Waals surface area contributed by atoms with Crippen LogP contribution in [0.1, 0.15) is 54.4 Å². The molecule has 0 aromatic heterocycles. The van der Waals surface area contributed by atoms with Gasteiger partial charge in [0.25, 0.3) is 5.91 Å². The summed E-state index contributed by atoms with van der Waals surface area (Å²) in [6, 6.07) is 8.46. The Morgan fingerprint density at radius 3 is 2.21 bits per heavy atom. The van der Waals surface area contributed by atoms with Gasteiger partial charge in [-0.2, -0.15) is 0 Å². The van der Waals surface area contributed by atoms with E-state index in [-0.39, 0.29) is 17.5 Å². The van der Waals surface area contributed by atoms with Crippen LogP contribution in [0.3, 0.4) is 0 Å². The molecular formula is C24H26FNO2. The lowest BCUT2D eigenvalue weighted by Crippen LogP contribution is -2.46. The lowest BCUT2D eigenvalue weighted by molar-refractivity contribution is -0.116. The van der Waals surface area contributed by atoms with Gasteiger partial charge in [0, 0.05) is 0 Å². The Morgan fingerprint density at radius 1 is 0.964 bits per heavy atom. The van der Waals surface area contributed by atoms with Gasteiger partial charge in [-0.05, 0) is 79.1 Å². The first-order chi connectivity index (χ1) is 13.3. The van der Waals surface area contributed by atoms with Gasteiger partial charge < -0.3 is 10.4 Å². The van der Waals surface area contributed by atoms with E-state index < -0.39 is 5.54 Å². The molecular weight excluding hydrogens is 353 g/mol. The molecule has 1 aliphatic carbocycles. The van der Waals surface area contributed by atoms with Crippen molar-refractivity contribution in [2.75, 3.05) is 0 Å². The summed E-state index contributed by atoms with van der Waals surface area (Å²) in [5.41, 5.74) is 5.45. The number of carbonyl (C=O) groups excluding carboxylic acids is 1. The molecule has 4 heteroatoms. The molecule has 1 saturated carbocycles. The summed E-state index contributed by atoms with van der Waals surface area (Å²) in [5.74, 6) is -0.280. The van der Waals surface area contributed by atoms with E-state index in [9.17, 15) is 14.3 Å². The first-order valence-corrected chi connectivity index (χ1v) is 9.97. The highest BCUT2D eigenvalue weighted by Crippen LogP contribution is 2.44. The molecule has 2 aromatic rings. The maximum absolute atomic E-state index is 13.4. The van der Waals surface area contributed by atoms with E-state index in [1.54, 1.807) is 12.1 Å². The number of aryl methyl sites for hydroxylation is 2. The number of aliphatic hydroxyl groups is 1. The van der Waals surface area contributed by atoms with Crippen LogP contribution >= 0.6 is 0 Å². The van der Waals surface area contributed by atoms with Gasteiger partial charge in [0.05, 0.1) is 11.1 Å². The minimum Gasteiger partial charge on any atom is -0.509 e. The lowest BCUT2D eigenvalue weighted by Gasteiger charge is -2.33. The van der Waals surface area contributed by atoms with Gasteiger partial charge >= 0.3 is 0 Å². The highest BCUT2D eigenvalue weighted by Gasteiger charge is 2.47. The van der Waals surface area contributed by atoms with Crippen molar-refractivity contribution in [3.63, 3.8) is 0 Å². The van der Waals surface area contributed by atoms with Gasteiger partial charge in [-0.1, -0.05) is 37.5 Å². The molecule has 3 nitrogen and oxygen atoms in total. The van der Waals surface area contributed by atoms with Gasteiger partial charge in [0.1, 0.15) is 11.6 Å². The van der Waals surface area contributed by atoms with Crippen molar-refractivity contribution in [3.05, 3.63) is 64.2 Å². The fraction of sp³-hybridized carbons (Fsp3) is 0.375. The number of nitrogens with one attached hydrogen (secondary N) is 1. The van der Waals surface area contributed by atoms with E-state index in [1.165, 1.54) is 12.1 Å². The van der Waals surface area contributed by atoms with E-state index in [0.717, 1.165) is 65.5 Å². The summed E-state index contributed by atoms with van der Waals surface area (Å²) in [4.78, 5) is 13.0. The topological polar surface area (TPSA) is 49.3 Å². The molecule has 0 radical (unpaired) electrons. The Hall–Kier alpha value is -2.62. The molecule has 2 N–H and O–H groups in total. The van der Waals surface area contributed by atoms with Crippen LogP contribution in [-0.4, -0.2) is 16.6 Å². The quantitative estimate of drug-likeness (QED) is 0.722. The van der Waals surface area contributed by atoms with Crippen LogP contribution in [0.15, 0.2) is 36.1 Å². The van der Waals surface area contributed by atoms with Crippen LogP contribution in [0.25, 0.3) is 16.7 Å². The average molecular weight is 379 g/mol. The zero-order valence-electron chi connectivity index (χ0n) is 16.7. The van der Waals surface area contributed by atoms with Crippen molar-refractivity contribution < 1.29 is 14.3 Å². The average Bonchev–Trinajstić information content (AvgIpc) is 2.88. The Morgan fingerprint density at radius 2 is 1.57 bits per heavy atom. The lowest BCUT2D eigenvalue weighted by atomic mass is 9.79. The molecule has 1 heterocycles.